The fraction of sp³-hybridized carbons (Fsp3) is 0.333. The van der Waals surface area contributed by atoms with Crippen molar-refractivity contribution < 1.29 is 14.3 Å². The second-order valence-electron chi connectivity index (χ2n) is 6.58. The minimum Gasteiger partial charge on any atom is -0.497 e. The molecular formula is C21H22ClN3O3. The number of hydrogen-bond acceptors (Lipinski definition) is 5. The summed E-state index contributed by atoms with van der Waals surface area (Å²) in [4.78, 5) is 14.7. The largest absolute Gasteiger partial charge is 0.497 e. The number of carbonyl (C=O) groups is 1. The van der Waals surface area contributed by atoms with Crippen LogP contribution in [0, 0.1) is 11.3 Å². The van der Waals surface area contributed by atoms with Crippen LogP contribution in [0.1, 0.15) is 28.8 Å². The van der Waals surface area contributed by atoms with Crippen LogP contribution in [0.25, 0.3) is 0 Å². The topological polar surface area (TPSA) is 74.6 Å². The van der Waals surface area contributed by atoms with Crippen molar-refractivity contribution >= 4 is 23.2 Å². The van der Waals surface area contributed by atoms with Crippen molar-refractivity contribution in [2.24, 2.45) is 0 Å². The Hall–Kier alpha value is -2.91. The van der Waals surface area contributed by atoms with Crippen molar-refractivity contribution in [2.75, 3.05) is 32.6 Å². The third-order valence-electron chi connectivity index (χ3n) is 4.88. The molecule has 0 bridgehead atoms. The van der Waals surface area contributed by atoms with Crippen LogP contribution in [0.2, 0.25) is 5.02 Å². The highest BCUT2D eigenvalue weighted by Gasteiger charge is 2.26. The van der Waals surface area contributed by atoms with Gasteiger partial charge in [-0.2, -0.15) is 5.26 Å². The van der Waals surface area contributed by atoms with Crippen molar-refractivity contribution in [1.29, 1.82) is 5.26 Å². The van der Waals surface area contributed by atoms with Gasteiger partial charge < -0.3 is 19.7 Å². The second-order valence-corrected chi connectivity index (χ2v) is 7.02. The molecule has 0 spiro atoms. The van der Waals surface area contributed by atoms with E-state index in [0.29, 0.717) is 40.7 Å². The zero-order chi connectivity index (χ0) is 20.1. The molecule has 1 heterocycles. The molecule has 6 nitrogen and oxygen atoms in total. The lowest BCUT2D eigenvalue weighted by atomic mass is 10.0. The molecule has 1 amide bonds. The van der Waals surface area contributed by atoms with Crippen LogP contribution in [-0.4, -0.2) is 44.2 Å². The summed E-state index contributed by atoms with van der Waals surface area (Å²) >= 11 is 5.95. The van der Waals surface area contributed by atoms with E-state index in [1.165, 1.54) is 0 Å². The fourth-order valence-electron chi connectivity index (χ4n) is 3.33. The van der Waals surface area contributed by atoms with Gasteiger partial charge in [0.1, 0.15) is 17.6 Å². The first-order valence-electron chi connectivity index (χ1n) is 9.03. The highest BCUT2D eigenvalue weighted by molar-refractivity contribution is 6.30. The Bertz CT molecular complexity index is 902. The molecule has 0 radical (unpaired) electrons. The first-order chi connectivity index (χ1) is 13.5. The van der Waals surface area contributed by atoms with Crippen molar-refractivity contribution in [2.45, 2.75) is 18.9 Å². The average Bonchev–Trinajstić information content (AvgIpc) is 2.74. The molecule has 3 rings (SSSR count). The van der Waals surface area contributed by atoms with Crippen molar-refractivity contribution in [3.8, 4) is 17.6 Å². The summed E-state index contributed by atoms with van der Waals surface area (Å²) in [6, 6.07) is 12.8. The average molecular weight is 400 g/mol. The number of ether oxygens (including phenoxy) is 2. The summed E-state index contributed by atoms with van der Waals surface area (Å²) in [5, 5.41) is 13.2. The number of methoxy groups -OCH3 is 2. The number of halogens is 1. The molecule has 28 heavy (non-hydrogen) atoms. The zero-order valence-electron chi connectivity index (χ0n) is 15.9. The molecule has 0 saturated carbocycles. The van der Waals surface area contributed by atoms with Crippen LogP contribution in [-0.2, 0) is 0 Å². The van der Waals surface area contributed by atoms with E-state index < -0.39 is 0 Å². The van der Waals surface area contributed by atoms with Gasteiger partial charge >= 0.3 is 0 Å². The Morgan fingerprint density at radius 3 is 2.57 bits per heavy atom. The Kier molecular flexibility index (Phi) is 6.27. The number of anilines is 1. The number of nitriles is 1. The van der Waals surface area contributed by atoms with E-state index >= 15 is 0 Å². The maximum atomic E-state index is 12.9. The standard InChI is InChI=1S/C21H22ClN3O3/c1-27-17-4-5-18(20(12-17)28-2)21(26)25-9-7-16(8-10-25)24-19-6-3-15(22)11-14(19)13-23/h3-6,11-12,16,24H,7-10H2,1-2H3. The van der Waals surface area contributed by atoms with E-state index in [1.54, 1.807) is 44.6 Å². The van der Waals surface area contributed by atoms with E-state index in [1.807, 2.05) is 11.0 Å². The Morgan fingerprint density at radius 2 is 1.93 bits per heavy atom. The molecule has 2 aromatic carbocycles. The lowest BCUT2D eigenvalue weighted by Crippen LogP contribution is -2.42. The van der Waals surface area contributed by atoms with Gasteiger partial charge in [0, 0.05) is 30.2 Å². The third-order valence-corrected chi connectivity index (χ3v) is 5.12. The maximum absolute atomic E-state index is 12.9. The number of piperidine rings is 1. The van der Waals surface area contributed by atoms with E-state index in [9.17, 15) is 10.1 Å². The minimum absolute atomic E-state index is 0.0536. The first-order valence-corrected chi connectivity index (χ1v) is 9.41. The molecule has 1 saturated heterocycles. The lowest BCUT2D eigenvalue weighted by Gasteiger charge is -2.33. The molecule has 0 unspecified atom stereocenters. The van der Waals surface area contributed by atoms with Gasteiger partial charge in [0.15, 0.2) is 0 Å². The summed E-state index contributed by atoms with van der Waals surface area (Å²) in [5.41, 5.74) is 1.82. The Balaban J connectivity index is 1.64. The summed E-state index contributed by atoms with van der Waals surface area (Å²) in [6.07, 6.45) is 1.58. The van der Waals surface area contributed by atoms with Gasteiger partial charge in [0.2, 0.25) is 0 Å². The number of nitrogens with zero attached hydrogens (tertiary/aromatic N) is 2. The quantitative estimate of drug-likeness (QED) is 0.824. The second kappa shape index (κ2) is 8.85. The van der Waals surface area contributed by atoms with Gasteiger partial charge in [-0.15, -0.1) is 0 Å². The van der Waals surface area contributed by atoms with Crippen LogP contribution in [0.5, 0.6) is 11.5 Å². The molecule has 1 fully saturated rings. The predicted octanol–water partition coefficient (Wildman–Crippen LogP) is 3.95. The zero-order valence-corrected chi connectivity index (χ0v) is 16.6. The van der Waals surface area contributed by atoms with Gasteiger partial charge in [-0.25, -0.2) is 0 Å². The van der Waals surface area contributed by atoms with E-state index in [0.717, 1.165) is 18.5 Å². The number of hydrogen-bond donors (Lipinski definition) is 1. The monoisotopic (exact) mass is 399 g/mol. The molecule has 146 valence electrons. The number of amides is 1. The number of likely N-dealkylation sites (tertiary alicyclic amines) is 1. The lowest BCUT2D eigenvalue weighted by molar-refractivity contribution is 0.0715. The van der Waals surface area contributed by atoms with Crippen molar-refractivity contribution in [3.63, 3.8) is 0 Å². The van der Waals surface area contributed by atoms with Crippen LogP contribution >= 0.6 is 11.6 Å². The van der Waals surface area contributed by atoms with Gasteiger partial charge in [-0.1, -0.05) is 11.6 Å². The SMILES string of the molecule is COc1ccc(C(=O)N2CCC(Nc3ccc(Cl)cc3C#N)CC2)c(OC)c1. The minimum atomic E-state index is -0.0536. The van der Waals surface area contributed by atoms with Crippen LogP contribution < -0.4 is 14.8 Å². The summed E-state index contributed by atoms with van der Waals surface area (Å²) < 4.78 is 10.5. The van der Waals surface area contributed by atoms with Crippen LogP contribution in [0.15, 0.2) is 36.4 Å². The smallest absolute Gasteiger partial charge is 0.257 e. The summed E-state index contributed by atoms with van der Waals surface area (Å²) in [7, 11) is 3.12. The molecule has 0 aromatic heterocycles. The molecule has 2 aromatic rings. The Morgan fingerprint density at radius 1 is 1.18 bits per heavy atom. The molecule has 1 aliphatic rings. The van der Waals surface area contributed by atoms with Gasteiger partial charge in [-0.3, -0.25) is 4.79 Å². The van der Waals surface area contributed by atoms with Crippen molar-refractivity contribution in [1.82, 2.24) is 4.90 Å². The highest BCUT2D eigenvalue weighted by atomic mass is 35.5. The first kappa shape index (κ1) is 19.8. The number of rotatable bonds is 5. The number of benzene rings is 2. The number of nitrogens with one attached hydrogen (secondary N) is 1. The van der Waals surface area contributed by atoms with Gasteiger partial charge in [-0.05, 0) is 43.2 Å². The molecule has 7 heteroatoms. The van der Waals surface area contributed by atoms with Crippen molar-refractivity contribution in [3.05, 3.63) is 52.5 Å². The van der Waals surface area contributed by atoms with Gasteiger partial charge in [0.25, 0.3) is 5.91 Å². The van der Waals surface area contributed by atoms with Crippen LogP contribution in [0.3, 0.4) is 0 Å². The third kappa shape index (κ3) is 4.32. The van der Waals surface area contributed by atoms with E-state index in [4.69, 9.17) is 21.1 Å². The van der Waals surface area contributed by atoms with E-state index in [2.05, 4.69) is 11.4 Å². The predicted molar refractivity (Wildman–Crippen MR) is 108 cm³/mol. The summed E-state index contributed by atoms with van der Waals surface area (Å²) in [6.45, 7) is 1.25. The molecule has 1 aliphatic heterocycles. The molecule has 0 aliphatic carbocycles. The number of carbonyl (C=O) groups excluding carboxylic acids is 1. The Labute approximate surface area is 169 Å². The molecule has 1 N–H and O–H groups in total. The normalized spacial score (nSPS) is 14.3. The van der Waals surface area contributed by atoms with Gasteiger partial charge in [0.05, 0.1) is 31.0 Å². The fourth-order valence-corrected chi connectivity index (χ4v) is 3.50. The molecule has 0 atom stereocenters. The highest BCUT2D eigenvalue weighted by Crippen LogP contribution is 2.28. The molecular weight excluding hydrogens is 378 g/mol. The maximum Gasteiger partial charge on any atom is 0.257 e. The summed E-state index contributed by atoms with van der Waals surface area (Å²) in [5.74, 6) is 1.10. The van der Waals surface area contributed by atoms with E-state index in [-0.39, 0.29) is 11.9 Å². The van der Waals surface area contributed by atoms with Crippen LogP contribution in [0.4, 0.5) is 5.69 Å².